The molecule has 0 fully saturated rings. The van der Waals surface area contributed by atoms with Gasteiger partial charge in [0.2, 0.25) is 0 Å². The van der Waals surface area contributed by atoms with E-state index in [9.17, 15) is 18.3 Å². The second-order valence-electron chi connectivity index (χ2n) is 5.38. The molecule has 0 spiro atoms. The van der Waals surface area contributed by atoms with Crippen molar-refractivity contribution in [2.24, 2.45) is 0 Å². The van der Waals surface area contributed by atoms with Crippen LogP contribution in [0.3, 0.4) is 0 Å². The lowest BCUT2D eigenvalue weighted by Crippen LogP contribution is -2.17. The minimum absolute atomic E-state index is 0.0863. The van der Waals surface area contributed by atoms with Gasteiger partial charge in [-0.05, 0) is 42.0 Å². The minimum atomic E-state index is -3.84. The number of aliphatic hydroxyl groups excluding tert-OH is 1. The summed E-state index contributed by atoms with van der Waals surface area (Å²) in [6.45, 7) is 0. The van der Waals surface area contributed by atoms with Crippen LogP contribution in [-0.4, -0.2) is 28.6 Å². The van der Waals surface area contributed by atoms with Crippen molar-refractivity contribution in [2.45, 2.75) is 11.0 Å². The third kappa shape index (κ3) is 3.19. The Morgan fingerprint density at radius 2 is 1.56 bits per heavy atom. The Bertz CT molecular complexity index is 991. The van der Waals surface area contributed by atoms with E-state index in [1.54, 1.807) is 18.2 Å². The van der Waals surface area contributed by atoms with E-state index in [0.29, 0.717) is 5.56 Å². The summed E-state index contributed by atoms with van der Waals surface area (Å²) in [7, 11) is -3.84. The summed E-state index contributed by atoms with van der Waals surface area (Å²) in [5.74, 6) is -1.07. The number of rotatable bonds is 5. The van der Waals surface area contributed by atoms with Crippen LogP contribution in [-0.2, 0) is 10.0 Å². The lowest BCUT2D eigenvalue weighted by molar-refractivity contribution is 0.0696. The molecule has 25 heavy (non-hydrogen) atoms. The number of aromatic nitrogens is 1. The molecule has 128 valence electrons. The maximum atomic E-state index is 12.8. The molecule has 1 atom stereocenters. The number of carboxylic acid groups (broad SMARTS) is 1. The molecule has 1 aromatic heterocycles. The number of hydrogen-bond donors (Lipinski definition) is 2. The van der Waals surface area contributed by atoms with Gasteiger partial charge in [0.15, 0.2) is 0 Å². The average Bonchev–Trinajstić information content (AvgIpc) is 3.12. The van der Waals surface area contributed by atoms with E-state index >= 15 is 0 Å². The first-order valence-corrected chi connectivity index (χ1v) is 8.84. The van der Waals surface area contributed by atoms with Gasteiger partial charge in [0.1, 0.15) is 6.10 Å². The van der Waals surface area contributed by atoms with Crippen molar-refractivity contribution in [3.63, 3.8) is 0 Å². The highest BCUT2D eigenvalue weighted by Crippen LogP contribution is 2.26. The van der Waals surface area contributed by atoms with E-state index in [-0.39, 0.29) is 16.2 Å². The van der Waals surface area contributed by atoms with Crippen molar-refractivity contribution in [2.75, 3.05) is 0 Å². The van der Waals surface area contributed by atoms with Crippen LogP contribution in [0.5, 0.6) is 0 Å². The van der Waals surface area contributed by atoms with E-state index in [4.69, 9.17) is 5.11 Å². The quantitative estimate of drug-likeness (QED) is 0.731. The molecule has 0 bridgehead atoms. The molecule has 6 nitrogen and oxygen atoms in total. The van der Waals surface area contributed by atoms with Crippen molar-refractivity contribution in [3.8, 4) is 0 Å². The van der Waals surface area contributed by atoms with Gasteiger partial charge in [0.05, 0.1) is 16.2 Å². The average molecular weight is 357 g/mol. The predicted octanol–water partition coefficient (Wildman–Crippen LogP) is 2.51. The zero-order chi connectivity index (χ0) is 18.0. The SMILES string of the molecule is O=C(O)c1ccc(C(O)c2cccn2S(=O)(=O)c2ccccc2)cc1. The molecule has 0 aliphatic rings. The van der Waals surface area contributed by atoms with Gasteiger partial charge in [0.25, 0.3) is 10.0 Å². The highest BCUT2D eigenvalue weighted by Gasteiger charge is 2.23. The lowest BCUT2D eigenvalue weighted by atomic mass is 10.0. The second kappa shape index (κ2) is 6.54. The number of aliphatic hydroxyl groups is 1. The van der Waals surface area contributed by atoms with E-state index in [0.717, 1.165) is 3.97 Å². The first-order valence-electron chi connectivity index (χ1n) is 7.40. The highest BCUT2D eigenvalue weighted by molar-refractivity contribution is 7.90. The monoisotopic (exact) mass is 357 g/mol. The number of hydrogen-bond acceptors (Lipinski definition) is 4. The molecule has 1 unspecified atom stereocenters. The Hall–Kier alpha value is -2.90. The molecule has 3 rings (SSSR count). The molecule has 0 saturated heterocycles. The highest BCUT2D eigenvalue weighted by atomic mass is 32.2. The summed E-state index contributed by atoms with van der Waals surface area (Å²) in [6, 6.07) is 16.6. The van der Waals surface area contributed by atoms with Crippen molar-refractivity contribution >= 4 is 16.0 Å². The predicted molar refractivity (Wildman–Crippen MR) is 90.9 cm³/mol. The van der Waals surface area contributed by atoms with Gasteiger partial charge in [-0.2, -0.15) is 0 Å². The molecule has 0 aliphatic heterocycles. The zero-order valence-corrected chi connectivity index (χ0v) is 13.8. The van der Waals surface area contributed by atoms with Crippen LogP contribution in [0.1, 0.15) is 27.7 Å². The third-order valence-corrected chi connectivity index (χ3v) is 5.51. The topological polar surface area (TPSA) is 96.6 Å². The molecule has 0 amide bonds. The summed E-state index contributed by atoms with van der Waals surface area (Å²) in [4.78, 5) is 11.0. The first-order chi connectivity index (χ1) is 11.9. The number of carboxylic acids is 1. The van der Waals surface area contributed by atoms with Crippen molar-refractivity contribution in [1.29, 1.82) is 0 Å². The van der Waals surface area contributed by atoms with Crippen LogP contribution in [0, 0.1) is 0 Å². The van der Waals surface area contributed by atoms with Crippen LogP contribution < -0.4 is 0 Å². The normalized spacial score (nSPS) is 12.7. The summed E-state index contributed by atoms with van der Waals surface area (Å²) >= 11 is 0. The van der Waals surface area contributed by atoms with Crippen LogP contribution in [0.2, 0.25) is 0 Å². The Morgan fingerprint density at radius 1 is 0.920 bits per heavy atom. The van der Waals surface area contributed by atoms with Gasteiger partial charge in [-0.15, -0.1) is 0 Å². The Kier molecular flexibility index (Phi) is 4.43. The molecular weight excluding hydrogens is 342 g/mol. The molecule has 2 aromatic carbocycles. The molecule has 2 N–H and O–H groups in total. The van der Waals surface area contributed by atoms with E-state index in [1.807, 2.05) is 0 Å². The fourth-order valence-electron chi connectivity index (χ4n) is 2.49. The van der Waals surface area contributed by atoms with Gasteiger partial charge >= 0.3 is 5.97 Å². The minimum Gasteiger partial charge on any atom is -0.478 e. The van der Waals surface area contributed by atoms with Crippen LogP contribution in [0.4, 0.5) is 0 Å². The fraction of sp³-hybridized carbons (Fsp3) is 0.0556. The lowest BCUT2D eigenvalue weighted by Gasteiger charge is -2.15. The largest absolute Gasteiger partial charge is 0.478 e. The maximum absolute atomic E-state index is 12.8. The molecule has 3 aromatic rings. The van der Waals surface area contributed by atoms with E-state index < -0.39 is 22.1 Å². The maximum Gasteiger partial charge on any atom is 0.335 e. The van der Waals surface area contributed by atoms with Crippen LogP contribution in [0.15, 0.2) is 77.8 Å². The molecule has 1 heterocycles. The molecule has 0 saturated carbocycles. The molecule has 7 heteroatoms. The Morgan fingerprint density at radius 3 is 2.16 bits per heavy atom. The summed E-state index contributed by atoms with van der Waals surface area (Å²) in [5, 5.41) is 19.5. The summed E-state index contributed by atoms with van der Waals surface area (Å²) in [5.41, 5.74) is 0.656. The van der Waals surface area contributed by atoms with E-state index in [1.165, 1.54) is 54.7 Å². The smallest absolute Gasteiger partial charge is 0.335 e. The molecule has 0 radical (unpaired) electrons. The first kappa shape index (κ1) is 16.9. The van der Waals surface area contributed by atoms with Gasteiger partial charge in [-0.25, -0.2) is 17.2 Å². The number of carbonyl (C=O) groups is 1. The summed E-state index contributed by atoms with van der Waals surface area (Å²) < 4.78 is 26.6. The fourth-order valence-corrected chi connectivity index (χ4v) is 3.89. The van der Waals surface area contributed by atoms with E-state index in [2.05, 4.69) is 0 Å². The molecule has 0 aliphatic carbocycles. The summed E-state index contributed by atoms with van der Waals surface area (Å²) in [6.07, 6.45) is 0.156. The Labute approximate surface area is 144 Å². The zero-order valence-electron chi connectivity index (χ0n) is 13.0. The number of benzene rings is 2. The van der Waals surface area contributed by atoms with Gasteiger partial charge in [-0.3, -0.25) is 0 Å². The van der Waals surface area contributed by atoms with Crippen molar-refractivity contribution in [1.82, 2.24) is 3.97 Å². The third-order valence-electron chi connectivity index (χ3n) is 3.80. The second-order valence-corrected chi connectivity index (χ2v) is 7.19. The van der Waals surface area contributed by atoms with Crippen LogP contribution in [0.25, 0.3) is 0 Å². The number of aromatic carboxylic acids is 1. The standard InChI is InChI=1S/C18H15NO5S/c20-17(13-8-10-14(11-9-13)18(21)22)16-7-4-12-19(16)25(23,24)15-5-2-1-3-6-15/h1-12,17,20H,(H,21,22). The van der Waals surface area contributed by atoms with Crippen molar-refractivity contribution < 1.29 is 23.4 Å². The number of nitrogens with zero attached hydrogens (tertiary/aromatic N) is 1. The molecular formula is C18H15NO5S. The van der Waals surface area contributed by atoms with Gasteiger partial charge in [0, 0.05) is 6.20 Å². The van der Waals surface area contributed by atoms with Crippen LogP contribution >= 0.6 is 0 Å². The van der Waals surface area contributed by atoms with Crippen molar-refractivity contribution in [3.05, 3.63) is 89.7 Å². The van der Waals surface area contributed by atoms with Gasteiger partial charge in [-0.1, -0.05) is 30.3 Å². The Balaban J connectivity index is 2.00. The van der Waals surface area contributed by atoms with Gasteiger partial charge < -0.3 is 10.2 Å².